The zero-order valence-electron chi connectivity index (χ0n) is 38.9. The number of hydrogen-bond acceptors (Lipinski definition) is 5. The average molecular weight is 826 g/mol. The summed E-state index contributed by atoms with van der Waals surface area (Å²) in [7, 11) is 0. The van der Waals surface area contributed by atoms with E-state index in [4.69, 9.17) is 4.74 Å². The van der Waals surface area contributed by atoms with Gasteiger partial charge < -0.3 is 20.3 Å². The van der Waals surface area contributed by atoms with E-state index in [2.05, 4.69) is 86.8 Å². The quantitative estimate of drug-likeness (QED) is 0.0323. The molecule has 3 N–H and O–H groups in total. The van der Waals surface area contributed by atoms with Crippen LogP contribution >= 0.6 is 0 Å². The number of nitrogens with one attached hydrogen (secondary N) is 1. The van der Waals surface area contributed by atoms with E-state index in [-0.39, 0.29) is 24.9 Å². The number of allylic oxidation sites excluding steroid dienone is 10. The monoisotopic (exact) mass is 826 g/mol. The van der Waals surface area contributed by atoms with Crippen LogP contribution in [-0.4, -0.2) is 46.9 Å². The smallest absolute Gasteiger partial charge is 0.306 e. The third kappa shape index (κ3) is 42.1. The Morgan fingerprint density at radius 1 is 0.508 bits per heavy atom. The molecule has 3 unspecified atom stereocenters. The van der Waals surface area contributed by atoms with E-state index in [1.54, 1.807) is 0 Å². The molecule has 0 heterocycles. The number of esters is 1. The van der Waals surface area contributed by atoms with Gasteiger partial charge in [-0.05, 0) is 64.2 Å². The summed E-state index contributed by atoms with van der Waals surface area (Å²) in [6.45, 7) is 6.34. The van der Waals surface area contributed by atoms with Crippen LogP contribution in [0.25, 0.3) is 0 Å². The minimum Gasteiger partial charge on any atom is -0.462 e. The lowest BCUT2D eigenvalue weighted by Crippen LogP contribution is -2.46. The Morgan fingerprint density at radius 3 is 1.36 bits per heavy atom. The first kappa shape index (κ1) is 56.6. The van der Waals surface area contributed by atoms with Gasteiger partial charge in [0.1, 0.15) is 6.10 Å². The Hall–Kier alpha value is -2.44. The second kappa shape index (κ2) is 46.6. The molecule has 342 valence electrons. The maximum Gasteiger partial charge on any atom is 0.306 e. The molecule has 0 rings (SSSR count). The average Bonchev–Trinajstić information content (AvgIpc) is 3.23. The Labute approximate surface area is 365 Å². The largest absolute Gasteiger partial charge is 0.462 e. The molecule has 0 spiro atoms. The number of aliphatic hydroxyl groups excluding tert-OH is 2. The highest BCUT2D eigenvalue weighted by Gasteiger charge is 2.24. The van der Waals surface area contributed by atoms with Crippen molar-refractivity contribution < 1.29 is 24.5 Å². The Kier molecular flexibility index (Phi) is 44.7. The van der Waals surface area contributed by atoms with E-state index in [1.807, 2.05) is 0 Å². The third-order valence-corrected chi connectivity index (χ3v) is 11.1. The van der Waals surface area contributed by atoms with Crippen LogP contribution in [0.2, 0.25) is 0 Å². The zero-order valence-corrected chi connectivity index (χ0v) is 38.9. The fourth-order valence-corrected chi connectivity index (χ4v) is 7.34. The Morgan fingerprint density at radius 2 is 0.915 bits per heavy atom. The number of carbonyl (C=O) groups is 2. The minimum absolute atomic E-state index is 0.0392. The minimum atomic E-state index is -0.801. The first-order valence-electron chi connectivity index (χ1n) is 25.0. The van der Waals surface area contributed by atoms with Gasteiger partial charge in [0.15, 0.2) is 0 Å². The molecule has 0 bridgehead atoms. The lowest BCUT2D eigenvalue weighted by molar-refractivity contribution is -0.151. The summed E-state index contributed by atoms with van der Waals surface area (Å²) in [6.07, 6.45) is 57.1. The molecular formula is C53H95NO5. The summed E-state index contributed by atoms with van der Waals surface area (Å²) in [5.74, 6) is -0.528. The van der Waals surface area contributed by atoms with Crippen LogP contribution in [0.1, 0.15) is 239 Å². The van der Waals surface area contributed by atoms with Crippen molar-refractivity contribution in [3.8, 4) is 0 Å². The molecule has 0 aliphatic rings. The van der Waals surface area contributed by atoms with Crippen molar-refractivity contribution in [1.29, 1.82) is 0 Å². The van der Waals surface area contributed by atoms with Crippen LogP contribution in [0.4, 0.5) is 0 Å². The van der Waals surface area contributed by atoms with E-state index in [1.165, 1.54) is 109 Å². The molecule has 59 heavy (non-hydrogen) atoms. The van der Waals surface area contributed by atoms with Crippen LogP contribution in [0, 0.1) is 0 Å². The summed E-state index contributed by atoms with van der Waals surface area (Å²) in [5, 5.41) is 23.7. The molecule has 0 saturated carbocycles. The number of ether oxygens (including phenoxy) is 1. The van der Waals surface area contributed by atoms with Crippen LogP contribution in [0.5, 0.6) is 0 Å². The number of amides is 1. The molecule has 0 saturated heterocycles. The molecule has 0 aliphatic heterocycles. The van der Waals surface area contributed by atoms with Gasteiger partial charge in [-0.1, -0.05) is 223 Å². The molecule has 0 aliphatic carbocycles. The SMILES string of the molecule is CC/C=C\C/C=C\C/C=C\C/C=C\C/C=C\CCCC(CC(=O)NC(CO)C(O)CCCCCCCCCCCC)OC(=O)CCCCCCCCCCCCCCC. The highest BCUT2D eigenvalue weighted by molar-refractivity contribution is 5.77. The number of rotatable bonds is 44. The van der Waals surface area contributed by atoms with Crippen molar-refractivity contribution in [2.24, 2.45) is 0 Å². The van der Waals surface area contributed by atoms with Gasteiger partial charge >= 0.3 is 5.97 Å². The summed E-state index contributed by atoms with van der Waals surface area (Å²) < 4.78 is 5.90. The van der Waals surface area contributed by atoms with E-state index < -0.39 is 18.2 Å². The normalized spacial score (nSPS) is 13.8. The van der Waals surface area contributed by atoms with Crippen molar-refractivity contribution in [3.05, 3.63) is 60.8 Å². The van der Waals surface area contributed by atoms with Gasteiger partial charge in [0.05, 0.1) is 25.2 Å². The van der Waals surface area contributed by atoms with Crippen molar-refractivity contribution >= 4 is 11.9 Å². The number of hydrogen-bond donors (Lipinski definition) is 3. The van der Waals surface area contributed by atoms with E-state index in [0.717, 1.165) is 83.5 Å². The van der Waals surface area contributed by atoms with Crippen molar-refractivity contribution in [2.75, 3.05) is 6.61 Å². The zero-order chi connectivity index (χ0) is 43.1. The molecule has 0 aromatic rings. The van der Waals surface area contributed by atoms with Crippen molar-refractivity contribution in [3.63, 3.8) is 0 Å². The van der Waals surface area contributed by atoms with E-state index in [9.17, 15) is 19.8 Å². The van der Waals surface area contributed by atoms with E-state index in [0.29, 0.717) is 19.3 Å². The second-order valence-corrected chi connectivity index (χ2v) is 16.8. The molecular weight excluding hydrogens is 731 g/mol. The van der Waals surface area contributed by atoms with Crippen LogP contribution in [-0.2, 0) is 14.3 Å². The van der Waals surface area contributed by atoms with Crippen LogP contribution in [0.3, 0.4) is 0 Å². The Balaban J connectivity index is 4.71. The molecule has 0 aromatic carbocycles. The summed E-state index contributed by atoms with van der Waals surface area (Å²) in [4.78, 5) is 26.1. The number of carbonyl (C=O) groups excluding carboxylic acids is 2. The van der Waals surface area contributed by atoms with Gasteiger partial charge in [-0.3, -0.25) is 9.59 Å². The Bertz CT molecular complexity index is 1060. The lowest BCUT2D eigenvalue weighted by atomic mass is 10.0. The van der Waals surface area contributed by atoms with Crippen molar-refractivity contribution in [1.82, 2.24) is 5.32 Å². The maximum absolute atomic E-state index is 13.2. The summed E-state index contributed by atoms with van der Waals surface area (Å²) >= 11 is 0. The molecule has 0 radical (unpaired) electrons. The topological polar surface area (TPSA) is 95.9 Å². The fourth-order valence-electron chi connectivity index (χ4n) is 7.34. The predicted octanol–water partition coefficient (Wildman–Crippen LogP) is 14.8. The molecule has 1 amide bonds. The number of aliphatic hydroxyl groups is 2. The lowest BCUT2D eigenvalue weighted by Gasteiger charge is -2.24. The van der Waals surface area contributed by atoms with Gasteiger partial charge in [-0.2, -0.15) is 0 Å². The summed E-state index contributed by atoms with van der Waals surface area (Å²) in [6, 6.07) is -0.718. The standard InChI is InChI=1S/C53H95NO5/c1-4-7-10-13-16-19-22-24-25-26-27-29-30-32-35-38-41-44-49(59-53(58)46-43-40-37-34-31-28-23-20-17-14-11-8-5-2)47-52(57)54-50(48-55)51(56)45-42-39-36-33-21-18-15-12-9-6-3/h7,10,16,19,24-25,27,29,32,35,49-51,55-56H,4-6,8-9,11-15,17-18,20-23,26,28,30-31,33-34,36-48H2,1-3H3,(H,54,57)/b10-7-,19-16-,25-24-,29-27-,35-32-. The van der Waals surface area contributed by atoms with Gasteiger partial charge in [0.25, 0.3) is 0 Å². The first-order valence-corrected chi connectivity index (χ1v) is 25.0. The highest BCUT2D eigenvalue weighted by atomic mass is 16.5. The molecule has 0 aromatic heterocycles. The molecule has 6 heteroatoms. The van der Waals surface area contributed by atoms with E-state index >= 15 is 0 Å². The molecule has 3 atom stereocenters. The molecule has 6 nitrogen and oxygen atoms in total. The highest BCUT2D eigenvalue weighted by Crippen LogP contribution is 2.17. The summed E-state index contributed by atoms with van der Waals surface area (Å²) in [5.41, 5.74) is 0. The first-order chi connectivity index (χ1) is 29.0. The van der Waals surface area contributed by atoms with Gasteiger partial charge in [-0.15, -0.1) is 0 Å². The van der Waals surface area contributed by atoms with Crippen LogP contribution in [0.15, 0.2) is 60.8 Å². The van der Waals surface area contributed by atoms with Crippen molar-refractivity contribution in [2.45, 2.75) is 257 Å². The third-order valence-electron chi connectivity index (χ3n) is 11.1. The van der Waals surface area contributed by atoms with Gasteiger partial charge in [0, 0.05) is 6.42 Å². The maximum atomic E-state index is 13.2. The van der Waals surface area contributed by atoms with Gasteiger partial charge in [0.2, 0.25) is 5.91 Å². The number of unbranched alkanes of at least 4 members (excludes halogenated alkanes) is 22. The van der Waals surface area contributed by atoms with Gasteiger partial charge in [-0.25, -0.2) is 0 Å². The predicted molar refractivity (Wildman–Crippen MR) is 255 cm³/mol. The van der Waals surface area contributed by atoms with Crippen LogP contribution < -0.4 is 5.32 Å². The second-order valence-electron chi connectivity index (χ2n) is 16.8. The fraction of sp³-hybridized carbons (Fsp3) is 0.774. The molecule has 0 fully saturated rings.